The van der Waals surface area contributed by atoms with Crippen molar-refractivity contribution in [3.63, 3.8) is 0 Å². The first kappa shape index (κ1) is 10.4. The van der Waals surface area contributed by atoms with E-state index < -0.39 is 0 Å². The first-order chi connectivity index (χ1) is 7.20. The largest absolute Gasteiger partial charge is 0.325 e. The standard InChI is InChI=1S/C11H12BrN3/c1-7-2-3-8(4-10(7)12)11-5-9(6-13)14-15-11/h2-5H,6,13H2,1H3,(H,14,15). The average Bonchev–Trinajstić information content (AvgIpc) is 2.70. The Morgan fingerprint density at radius 3 is 2.80 bits per heavy atom. The third kappa shape index (κ3) is 2.11. The number of aromatic amines is 1. The number of halogens is 1. The number of aryl methyl sites for hydroxylation is 1. The minimum absolute atomic E-state index is 0.486. The van der Waals surface area contributed by atoms with E-state index in [4.69, 9.17) is 5.73 Å². The zero-order valence-corrected chi connectivity index (χ0v) is 10.0. The highest BCUT2D eigenvalue weighted by Crippen LogP contribution is 2.24. The minimum Gasteiger partial charge on any atom is -0.325 e. The highest BCUT2D eigenvalue weighted by atomic mass is 79.9. The summed E-state index contributed by atoms with van der Waals surface area (Å²) >= 11 is 3.50. The van der Waals surface area contributed by atoms with Gasteiger partial charge in [-0.2, -0.15) is 5.10 Å². The monoisotopic (exact) mass is 265 g/mol. The predicted molar refractivity (Wildman–Crippen MR) is 64.4 cm³/mol. The maximum absolute atomic E-state index is 5.51. The zero-order valence-electron chi connectivity index (χ0n) is 8.42. The Morgan fingerprint density at radius 2 is 2.20 bits per heavy atom. The van der Waals surface area contributed by atoms with Crippen molar-refractivity contribution in [2.75, 3.05) is 0 Å². The van der Waals surface area contributed by atoms with Gasteiger partial charge in [0.15, 0.2) is 0 Å². The molecule has 0 radical (unpaired) electrons. The molecule has 3 nitrogen and oxygen atoms in total. The molecule has 0 aliphatic heterocycles. The summed E-state index contributed by atoms with van der Waals surface area (Å²) < 4.78 is 1.09. The average molecular weight is 266 g/mol. The molecule has 0 bridgehead atoms. The first-order valence-electron chi connectivity index (χ1n) is 4.71. The van der Waals surface area contributed by atoms with Gasteiger partial charge in [-0.05, 0) is 24.6 Å². The van der Waals surface area contributed by atoms with Gasteiger partial charge in [0.1, 0.15) is 0 Å². The molecule has 0 fully saturated rings. The van der Waals surface area contributed by atoms with E-state index in [0.29, 0.717) is 6.54 Å². The molecule has 0 saturated heterocycles. The maximum atomic E-state index is 5.51. The molecular formula is C11H12BrN3. The minimum atomic E-state index is 0.486. The van der Waals surface area contributed by atoms with E-state index >= 15 is 0 Å². The summed E-state index contributed by atoms with van der Waals surface area (Å²) in [4.78, 5) is 0. The van der Waals surface area contributed by atoms with Crippen LogP contribution in [0, 0.1) is 6.92 Å². The molecule has 78 valence electrons. The van der Waals surface area contributed by atoms with Crippen LogP contribution < -0.4 is 5.73 Å². The summed E-state index contributed by atoms with van der Waals surface area (Å²) in [6.07, 6.45) is 0. The Bertz CT molecular complexity index is 476. The van der Waals surface area contributed by atoms with Crippen LogP contribution in [0.15, 0.2) is 28.7 Å². The number of aromatic nitrogens is 2. The number of hydrogen-bond donors (Lipinski definition) is 2. The van der Waals surface area contributed by atoms with Gasteiger partial charge in [0, 0.05) is 22.3 Å². The van der Waals surface area contributed by atoms with E-state index in [1.54, 1.807) is 0 Å². The number of H-pyrrole nitrogens is 1. The summed E-state index contributed by atoms with van der Waals surface area (Å²) in [6.45, 7) is 2.55. The maximum Gasteiger partial charge on any atom is 0.0924 e. The van der Waals surface area contributed by atoms with Crippen LogP contribution in [0.1, 0.15) is 11.3 Å². The predicted octanol–water partition coefficient (Wildman–Crippen LogP) is 2.61. The van der Waals surface area contributed by atoms with E-state index in [2.05, 4.69) is 51.3 Å². The third-order valence-electron chi connectivity index (χ3n) is 2.32. The van der Waals surface area contributed by atoms with Gasteiger partial charge < -0.3 is 5.73 Å². The van der Waals surface area contributed by atoms with E-state index in [-0.39, 0.29) is 0 Å². The van der Waals surface area contributed by atoms with Crippen molar-refractivity contribution in [3.8, 4) is 11.3 Å². The Labute approximate surface area is 96.8 Å². The number of nitrogens with zero attached hydrogens (tertiary/aromatic N) is 1. The molecule has 0 unspecified atom stereocenters. The molecule has 0 spiro atoms. The molecule has 1 aromatic heterocycles. The van der Waals surface area contributed by atoms with Crippen molar-refractivity contribution in [1.29, 1.82) is 0 Å². The second-order valence-electron chi connectivity index (χ2n) is 3.45. The van der Waals surface area contributed by atoms with Crippen LogP contribution >= 0.6 is 15.9 Å². The molecular weight excluding hydrogens is 254 g/mol. The summed E-state index contributed by atoms with van der Waals surface area (Å²) in [5.41, 5.74) is 9.69. The molecule has 0 amide bonds. The zero-order chi connectivity index (χ0) is 10.8. The molecule has 2 aromatic rings. The Balaban J connectivity index is 2.40. The van der Waals surface area contributed by atoms with Gasteiger partial charge in [0.2, 0.25) is 0 Å². The number of hydrogen-bond acceptors (Lipinski definition) is 2. The van der Waals surface area contributed by atoms with Gasteiger partial charge in [-0.15, -0.1) is 0 Å². The fourth-order valence-corrected chi connectivity index (χ4v) is 1.75. The van der Waals surface area contributed by atoms with Gasteiger partial charge in [-0.25, -0.2) is 0 Å². The molecule has 4 heteroatoms. The van der Waals surface area contributed by atoms with Gasteiger partial charge in [-0.1, -0.05) is 28.1 Å². The van der Waals surface area contributed by atoms with Crippen molar-refractivity contribution in [3.05, 3.63) is 40.0 Å². The highest BCUT2D eigenvalue weighted by molar-refractivity contribution is 9.10. The lowest BCUT2D eigenvalue weighted by Crippen LogP contribution is -1.95. The molecule has 15 heavy (non-hydrogen) atoms. The third-order valence-corrected chi connectivity index (χ3v) is 3.17. The van der Waals surface area contributed by atoms with E-state index in [1.807, 2.05) is 6.07 Å². The lowest BCUT2D eigenvalue weighted by atomic mass is 10.1. The summed E-state index contributed by atoms with van der Waals surface area (Å²) in [7, 11) is 0. The van der Waals surface area contributed by atoms with Crippen LogP contribution in [0.3, 0.4) is 0 Å². The second-order valence-corrected chi connectivity index (χ2v) is 4.30. The van der Waals surface area contributed by atoms with Crippen LogP contribution in [0.5, 0.6) is 0 Å². The summed E-state index contributed by atoms with van der Waals surface area (Å²) in [5, 5.41) is 7.10. The molecule has 0 atom stereocenters. The smallest absolute Gasteiger partial charge is 0.0924 e. The number of rotatable bonds is 2. The van der Waals surface area contributed by atoms with Crippen LogP contribution in [-0.4, -0.2) is 10.2 Å². The molecule has 0 saturated carbocycles. The van der Waals surface area contributed by atoms with Crippen LogP contribution in [0.4, 0.5) is 0 Å². The highest BCUT2D eigenvalue weighted by Gasteiger charge is 2.04. The lowest BCUT2D eigenvalue weighted by Gasteiger charge is -2.00. The van der Waals surface area contributed by atoms with E-state index in [9.17, 15) is 0 Å². The summed E-state index contributed by atoms with van der Waals surface area (Å²) in [6, 6.07) is 8.15. The van der Waals surface area contributed by atoms with Crippen LogP contribution in [-0.2, 0) is 6.54 Å². The van der Waals surface area contributed by atoms with Crippen LogP contribution in [0.25, 0.3) is 11.3 Å². The second kappa shape index (κ2) is 4.16. The van der Waals surface area contributed by atoms with Gasteiger partial charge in [-0.3, -0.25) is 5.10 Å². The van der Waals surface area contributed by atoms with E-state index in [0.717, 1.165) is 21.4 Å². The normalized spacial score (nSPS) is 10.6. The molecule has 0 aliphatic carbocycles. The molecule has 0 aliphatic rings. The number of nitrogens with one attached hydrogen (secondary N) is 1. The fraction of sp³-hybridized carbons (Fsp3) is 0.182. The van der Waals surface area contributed by atoms with Crippen LogP contribution in [0.2, 0.25) is 0 Å². The molecule has 3 N–H and O–H groups in total. The Hall–Kier alpha value is -1.13. The SMILES string of the molecule is Cc1ccc(-c2cc(CN)[nH]n2)cc1Br. The lowest BCUT2D eigenvalue weighted by molar-refractivity contribution is 0.948. The quantitative estimate of drug-likeness (QED) is 0.877. The van der Waals surface area contributed by atoms with Crippen molar-refractivity contribution < 1.29 is 0 Å². The van der Waals surface area contributed by atoms with Crippen molar-refractivity contribution in [2.24, 2.45) is 5.73 Å². The van der Waals surface area contributed by atoms with Gasteiger partial charge in [0.25, 0.3) is 0 Å². The van der Waals surface area contributed by atoms with Crippen molar-refractivity contribution in [1.82, 2.24) is 10.2 Å². The Morgan fingerprint density at radius 1 is 1.40 bits per heavy atom. The molecule has 1 heterocycles. The van der Waals surface area contributed by atoms with Gasteiger partial charge >= 0.3 is 0 Å². The van der Waals surface area contributed by atoms with Crippen molar-refractivity contribution in [2.45, 2.75) is 13.5 Å². The number of nitrogens with two attached hydrogens (primary N) is 1. The Kier molecular flexibility index (Phi) is 2.88. The topological polar surface area (TPSA) is 54.7 Å². The van der Waals surface area contributed by atoms with E-state index in [1.165, 1.54) is 5.56 Å². The van der Waals surface area contributed by atoms with Gasteiger partial charge in [0.05, 0.1) is 5.69 Å². The summed E-state index contributed by atoms with van der Waals surface area (Å²) in [5.74, 6) is 0. The molecule has 1 aromatic carbocycles. The molecule has 2 rings (SSSR count). The number of benzene rings is 1. The fourth-order valence-electron chi connectivity index (χ4n) is 1.37. The van der Waals surface area contributed by atoms with Crippen molar-refractivity contribution >= 4 is 15.9 Å². The first-order valence-corrected chi connectivity index (χ1v) is 5.51.